The average Bonchev–Trinajstić information content (AvgIpc) is 1.93. The van der Waals surface area contributed by atoms with Crippen molar-refractivity contribution in [1.29, 1.82) is 0 Å². The molecule has 0 radical (unpaired) electrons. The molecule has 1 atom stereocenters. The molecule has 2 rings (SSSR count). The van der Waals surface area contributed by atoms with Gasteiger partial charge in [0, 0.05) is 11.6 Å². The van der Waals surface area contributed by atoms with Crippen molar-refractivity contribution in [1.82, 2.24) is 5.32 Å². The predicted molar refractivity (Wildman–Crippen MR) is 43.4 cm³/mol. The van der Waals surface area contributed by atoms with E-state index < -0.39 is 0 Å². The standard InChI is InChI=1S/C9H10FNO/c10-8-2-1-6(12)5-7(8)9-3-4-11-9/h1-2,5,9,11-12H,3-4H2/t9-/m0/s1. The Balaban J connectivity index is 2.34. The van der Waals surface area contributed by atoms with Crippen molar-refractivity contribution in [2.45, 2.75) is 12.5 Å². The minimum atomic E-state index is -0.245. The van der Waals surface area contributed by atoms with Crippen LogP contribution in [0.4, 0.5) is 4.39 Å². The third-order valence-electron chi connectivity index (χ3n) is 2.18. The van der Waals surface area contributed by atoms with Gasteiger partial charge in [0.05, 0.1) is 0 Å². The van der Waals surface area contributed by atoms with E-state index in [4.69, 9.17) is 5.11 Å². The average molecular weight is 167 g/mol. The Morgan fingerprint density at radius 2 is 2.25 bits per heavy atom. The molecule has 0 aromatic heterocycles. The Morgan fingerprint density at radius 3 is 2.83 bits per heavy atom. The fraction of sp³-hybridized carbons (Fsp3) is 0.333. The fourth-order valence-electron chi connectivity index (χ4n) is 1.35. The molecule has 1 aliphatic rings. The molecule has 2 N–H and O–H groups in total. The smallest absolute Gasteiger partial charge is 0.128 e. The lowest BCUT2D eigenvalue weighted by Crippen LogP contribution is -2.35. The highest BCUT2D eigenvalue weighted by Crippen LogP contribution is 2.27. The van der Waals surface area contributed by atoms with Gasteiger partial charge in [0.25, 0.3) is 0 Å². The topological polar surface area (TPSA) is 32.3 Å². The SMILES string of the molecule is Oc1ccc(F)c([C@@H]2CCN2)c1. The first-order valence-electron chi connectivity index (χ1n) is 3.99. The number of aromatic hydroxyl groups is 1. The molecule has 64 valence electrons. The van der Waals surface area contributed by atoms with Gasteiger partial charge >= 0.3 is 0 Å². The first-order chi connectivity index (χ1) is 5.77. The molecule has 1 saturated heterocycles. The second-order valence-corrected chi connectivity index (χ2v) is 3.00. The molecular weight excluding hydrogens is 157 g/mol. The van der Waals surface area contributed by atoms with Crippen LogP contribution in [0.25, 0.3) is 0 Å². The summed E-state index contributed by atoms with van der Waals surface area (Å²) in [6.07, 6.45) is 0.945. The van der Waals surface area contributed by atoms with E-state index in [1.165, 1.54) is 18.2 Å². The molecule has 1 heterocycles. The highest BCUT2D eigenvalue weighted by atomic mass is 19.1. The zero-order chi connectivity index (χ0) is 8.55. The maximum Gasteiger partial charge on any atom is 0.128 e. The Kier molecular flexibility index (Phi) is 1.73. The molecule has 2 nitrogen and oxygen atoms in total. The fourth-order valence-corrected chi connectivity index (χ4v) is 1.35. The zero-order valence-corrected chi connectivity index (χ0v) is 6.55. The van der Waals surface area contributed by atoms with Gasteiger partial charge in [-0.15, -0.1) is 0 Å². The molecule has 1 aliphatic heterocycles. The van der Waals surface area contributed by atoms with E-state index in [1.54, 1.807) is 0 Å². The Hall–Kier alpha value is -1.09. The minimum Gasteiger partial charge on any atom is -0.508 e. The van der Waals surface area contributed by atoms with Gasteiger partial charge in [-0.05, 0) is 31.2 Å². The van der Waals surface area contributed by atoms with Crippen LogP contribution in [-0.2, 0) is 0 Å². The Bertz CT molecular complexity index is 297. The van der Waals surface area contributed by atoms with E-state index in [9.17, 15) is 4.39 Å². The summed E-state index contributed by atoms with van der Waals surface area (Å²) in [5.74, 6) is -0.120. The Labute approximate surface area is 70.0 Å². The summed E-state index contributed by atoms with van der Waals surface area (Å²) in [6, 6.07) is 4.23. The van der Waals surface area contributed by atoms with Crippen LogP contribution in [-0.4, -0.2) is 11.7 Å². The lowest BCUT2D eigenvalue weighted by Gasteiger charge is -2.28. The van der Waals surface area contributed by atoms with Crippen LogP contribution in [0.5, 0.6) is 5.75 Å². The molecule has 1 fully saturated rings. The van der Waals surface area contributed by atoms with Gasteiger partial charge < -0.3 is 10.4 Å². The van der Waals surface area contributed by atoms with Gasteiger partial charge in [-0.1, -0.05) is 0 Å². The Morgan fingerprint density at radius 1 is 1.50 bits per heavy atom. The van der Waals surface area contributed by atoms with Gasteiger partial charge in [-0.2, -0.15) is 0 Å². The summed E-state index contributed by atoms with van der Waals surface area (Å²) in [5, 5.41) is 12.2. The van der Waals surface area contributed by atoms with Crippen molar-refractivity contribution in [3.05, 3.63) is 29.6 Å². The normalized spacial score (nSPS) is 21.9. The van der Waals surface area contributed by atoms with Crippen LogP contribution >= 0.6 is 0 Å². The van der Waals surface area contributed by atoms with E-state index in [0.29, 0.717) is 5.56 Å². The van der Waals surface area contributed by atoms with Crippen LogP contribution < -0.4 is 5.32 Å². The zero-order valence-electron chi connectivity index (χ0n) is 6.55. The molecule has 0 amide bonds. The van der Waals surface area contributed by atoms with Crippen molar-refractivity contribution in [3.63, 3.8) is 0 Å². The summed E-state index contributed by atoms with van der Waals surface area (Å²) in [6.45, 7) is 0.930. The number of rotatable bonds is 1. The lowest BCUT2D eigenvalue weighted by molar-refractivity contribution is 0.367. The molecule has 0 spiro atoms. The van der Waals surface area contributed by atoms with Crippen molar-refractivity contribution in [2.24, 2.45) is 0 Å². The van der Waals surface area contributed by atoms with Crippen LogP contribution in [0.15, 0.2) is 18.2 Å². The van der Waals surface area contributed by atoms with Crippen LogP contribution in [0.1, 0.15) is 18.0 Å². The third kappa shape index (κ3) is 1.16. The molecular formula is C9H10FNO. The molecule has 12 heavy (non-hydrogen) atoms. The first kappa shape index (κ1) is 7.55. The second-order valence-electron chi connectivity index (χ2n) is 3.00. The number of hydrogen-bond acceptors (Lipinski definition) is 2. The molecule has 1 aromatic carbocycles. The van der Waals surface area contributed by atoms with Gasteiger partial charge in [0.2, 0.25) is 0 Å². The van der Waals surface area contributed by atoms with Crippen molar-refractivity contribution < 1.29 is 9.50 Å². The molecule has 1 aromatic rings. The number of phenolic OH excluding ortho intramolecular Hbond substituents is 1. The van der Waals surface area contributed by atoms with E-state index >= 15 is 0 Å². The number of hydrogen-bond donors (Lipinski definition) is 2. The van der Waals surface area contributed by atoms with Crippen molar-refractivity contribution in [2.75, 3.05) is 6.54 Å². The molecule has 0 saturated carbocycles. The van der Waals surface area contributed by atoms with Crippen molar-refractivity contribution in [3.8, 4) is 5.75 Å². The number of phenols is 1. The van der Waals surface area contributed by atoms with Gasteiger partial charge in [0.15, 0.2) is 0 Å². The number of benzene rings is 1. The monoisotopic (exact) mass is 167 g/mol. The van der Waals surface area contributed by atoms with E-state index in [1.807, 2.05) is 0 Å². The highest BCUT2D eigenvalue weighted by molar-refractivity contribution is 5.31. The second kappa shape index (κ2) is 2.75. The van der Waals surface area contributed by atoms with E-state index in [2.05, 4.69) is 5.32 Å². The summed E-state index contributed by atoms with van der Waals surface area (Å²) >= 11 is 0. The third-order valence-corrected chi connectivity index (χ3v) is 2.18. The van der Waals surface area contributed by atoms with Gasteiger partial charge in [-0.3, -0.25) is 0 Å². The van der Waals surface area contributed by atoms with Crippen LogP contribution in [0.3, 0.4) is 0 Å². The van der Waals surface area contributed by atoms with E-state index in [-0.39, 0.29) is 17.6 Å². The first-order valence-corrected chi connectivity index (χ1v) is 3.99. The number of halogens is 1. The van der Waals surface area contributed by atoms with Crippen LogP contribution in [0, 0.1) is 5.82 Å². The molecule has 0 bridgehead atoms. The summed E-state index contributed by atoms with van der Waals surface area (Å²) in [7, 11) is 0. The van der Waals surface area contributed by atoms with Gasteiger partial charge in [-0.25, -0.2) is 4.39 Å². The van der Waals surface area contributed by atoms with Crippen molar-refractivity contribution >= 4 is 0 Å². The summed E-state index contributed by atoms with van der Waals surface area (Å²) in [4.78, 5) is 0. The predicted octanol–water partition coefficient (Wildman–Crippen LogP) is 1.57. The van der Waals surface area contributed by atoms with Crippen LogP contribution in [0.2, 0.25) is 0 Å². The molecule has 0 unspecified atom stereocenters. The van der Waals surface area contributed by atoms with Gasteiger partial charge in [0.1, 0.15) is 11.6 Å². The van der Waals surface area contributed by atoms with E-state index in [0.717, 1.165) is 13.0 Å². The largest absolute Gasteiger partial charge is 0.508 e. The maximum atomic E-state index is 13.1. The summed E-state index contributed by atoms with van der Waals surface area (Å²) < 4.78 is 13.1. The minimum absolute atomic E-state index is 0.0945. The molecule has 0 aliphatic carbocycles. The summed E-state index contributed by atoms with van der Waals surface area (Å²) in [5.41, 5.74) is 0.571. The maximum absolute atomic E-state index is 13.1. The quantitative estimate of drug-likeness (QED) is 0.665. The highest BCUT2D eigenvalue weighted by Gasteiger charge is 2.21. The lowest BCUT2D eigenvalue weighted by atomic mass is 9.97. The number of nitrogens with one attached hydrogen (secondary N) is 1. The molecule has 3 heteroatoms.